The number of hydrogen-bond donors (Lipinski definition) is 0. The van der Waals surface area contributed by atoms with E-state index in [4.69, 9.17) is 9.47 Å². The minimum absolute atomic E-state index is 0.0655. The van der Waals surface area contributed by atoms with Crippen molar-refractivity contribution in [1.29, 1.82) is 0 Å². The minimum atomic E-state index is -6.90. The number of hydrogen-bond acceptors (Lipinski definition) is 6. The molecule has 332 valence electrons. The molecule has 4 aromatic rings. The van der Waals surface area contributed by atoms with Gasteiger partial charge in [0, 0.05) is 29.7 Å². The largest absolute Gasteiger partial charge is 0.460 e. The lowest BCUT2D eigenvalue weighted by Gasteiger charge is -2.33. The molecule has 0 N–H and O–H groups in total. The molecular weight excluding hydrogens is 882 g/mol. The zero-order valence-electron chi connectivity index (χ0n) is 31.5. The van der Waals surface area contributed by atoms with Gasteiger partial charge in [-0.2, -0.15) is 61.5 Å². The van der Waals surface area contributed by atoms with Crippen molar-refractivity contribution >= 4 is 35.0 Å². The van der Waals surface area contributed by atoms with Crippen molar-refractivity contribution in [1.82, 2.24) is 0 Å². The van der Waals surface area contributed by atoms with Crippen molar-refractivity contribution in [3.8, 4) is 23.0 Å². The standard InChI is InChI=1S/C41H24F14N2O6/c1-35(2,21-3-13-29(27(19-21)36(42,43)38(46,47)40(50,51)52)62-25-9-5-23(6-10-25)56-31(58)15-16-32(56)59)22-4-14-30(28(20-22)37(44,45)39(48,49)41(53,54)55)63-26-11-7-24(8-12-26)57-33(60)17-18-34(57)61/h3-20H,1-2H3. The van der Waals surface area contributed by atoms with Crippen molar-refractivity contribution in [3.63, 3.8) is 0 Å². The lowest BCUT2D eigenvalue weighted by molar-refractivity contribution is -0.359. The maximum atomic E-state index is 15.6. The van der Waals surface area contributed by atoms with Crippen LogP contribution in [0.2, 0.25) is 0 Å². The number of amides is 4. The summed E-state index contributed by atoms with van der Waals surface area (Å²) in [5.74, 6) is -32.8. The molecule has 6 rings (SSSR count). The van der Waals surface area contributed by atoms with Crippen LogP contribution in [0.15, 0.2) is 109 Å². The van der Waals surface area contributed by atoms with Gasteiger partial charge >= 0.3 is 36.0 Å². The summed E-state index contributed by atoms with van der Waals surface area (Å²) in [6, 6.07) is 10.5. The van der Waals surface area contributed by atoms with Gasteiger partial charge < -0.3 is 9.47 Å². The molecule has 0 radical (unpaired) electrons. The van der Waals surface area contributed by atoms with Crippen LogP contribution in [0.4, 0.5) is 72.8 Å². The fourth-order valence-corrected chi connectivity index (χ4v) is 6.26. The Kier molecular flexibility index (Phi) is 11.1. The Labute approximate surface area is 344 Å². The van der Waals surface area contributed by atoms with Crippen LogP contribution >= 0.6 is 0 Å². The van der Waals surface area contributed by atoms with Gasteiger partial charge in [-0.3, -0.25) is 19.2 Å². The van der Waals surface area contributed by atoms with Gasteiger partial charge in [-0.15, -0.1) is 0 Å². The summed E-state index contributed by atoms with van der Waals surface area (Å²) >= 11 is 0. The monoisotopic (exact) mass is 906 g/mol. The maximum Gasteiger partial charge on any atom is 0.460 e. The topological polar surface area (TPSA) is 93.2 Å². The van der Waals surface area contributed by atoms with Crippen LogP contribution in [-0.2, 0) is 36.4 Å². The van der Waals surface area contributed by atoms with Gasteiger partial charge in [-0.05, 0) is 83.9 Å². The molecular formula is C41H24F14N2O6. The number of benzene rings is 4. The molecule has 0 aromatic heterocycles. The summed E-state index contributed by atoms with van der Waals surface area (Å²) in [7, 11) is 0. The van der Waals surface area contributed by atoms with E-state index in [9.17, 15) is 63.1 Å². The summed E-state index contributed by atoms with van der Waals surface area (Å²) in [5.41, 5.74) is -8.10. The quantitative estimate of drug-likeness (QED) is 0.104. The number of carbonyl (C=O) groups excluding carboxylic acids is 4. The van der Waals surface area contributed by atoms with E-state index in [1.807, 2.05) is 0 Å². The Hall–Kier alpha value is -6.74. The van der Waals surface area contributed by atoms with Crippen molar-refractivity contribution in [2.75, 3.05) is 9.80 Å². The van der Waals surface area contributed by atoms with Crippen molar-refractivity contribution < 1.29 is 90.1 Å². The van der Waals surface area contributed by atoms with Gasteiger partial charge in [0.15, 0.2) is 0 Å². The number of halogens is 14. The Morgan fingerprint density at radius 1 is 0.413 bits per heavy atom. The zero-order chi connectivity index (χ0) is 46.9. The zero-order valence-corrected chi connectivity index (χ0v) is 31.5. The molecule has 0 saturated heterocycles. The van der Waals surface area contributed by atoms with E-state index in [0.29, 0.717) is 21.9 Å². The number of alkyl halides is 14. The van der Waals surface area contributed by atoms with E-state index in [2.05, 4.69) is 0 Å². The Balaban J connectivity index is 1.44. The molecule has 0 atom stereocenters. The molecule has 63 heavy (non-hydrogen) atoms. The smallest absolute Gasteiger partial charge is 0.457 e. The molecule has 8 nitrogen and oxygen atoms in total. The summed E-state index contributed by atoms with van der Waals surface area (Å²) < 4.78 is 212. The van der Waals surface area contributed by atoms with Gasteiger partial charge in [-0.25, -0.2) is 9.80 Å². The maximum absolute atomic E-state index is 15.6. The number of carbonyl (C=O) groups is 4. The van der Waals surface area contributed by atoms with Gasteiger partial charge in [-0.1, -0.05) is 26.0 Å². The molecule has 4 aromatic carbocycles. The third-order valence-corrected chi connectivity index (χ3v) is 9.84. The highest BCUT2D eigenvalue weighted by molar-refractivity contribution is 6.28. The van der Waals surface area contributed by atoms with E-state index in [-0.39, 0.29) is 23.5 Å². The average Bonchev–Trinajstić information content (AvgIpc) is 3.72. The molecule has 0 fully saturated rings. The molecule has 0 aliphatic carbocycles. The molecule has 22 heteroatoms. The predicted molar refractivity (Wildman–Crippen MR) is 191 cm³/mol. The first-order chi connectivity index (χ1) is 28.9. The lowest BCUT2D eigenvalue weighted by atomic mass is 9.76. The van der Waals surface area contributed by atoms with Crippen LogP contribution in [0.5, 0.6) is 23.0 Å². The van der Waals surface area contributed by atoms with Gasteiger partial charge in [0.05, 0.1) is 22.5 Å². The number of imide groups is 2. The predicted octanol–water partition coefficient (Wildman–Crippen LogP) is 11.0. The Morgan fingerprint density at radius 3 is 0.968 bits per heavy atom. The molecule has 2 aliphatic heterocycles. The second kappa shape index (κ2) is 15.3. The number of rotatable bonds is 12. The fraction of sp³-hybridized carbons (Fsp3) is 0.220. The molecule has 0 unspecified atom stereocenters. The van der Waals surface area contributed by atoms with Crippen LogP contribution < -0.4 is 19.3 Å². The molecule has 0 bridgehead atoms. The third kappa shape index (κ3) is 7.86. The van der Waals surface area contributed by atoms with E-state index < -0.39 is 110 Å². The van der Waals surface area contributed by atoms with E-state index in [0.717, 1.165) is 98.8 Å². The van der Waals surface area contributed by atoms with Gasteiger partial charge in [0.25, 0.3) is 23.6 Å². The first-order valence-corrected chi connectivity index (χ1v) is 17.6. The first kappa shape index (κ1) is 45.8. The van der Waals surface area contributed by atoms with E-state index >= 15 is 17.6 Å². The minimum Gasteiger partial charge on any atom is -0.457 e. The van der Waals surface area contributed by atoms with Crippen molar-refractivity contribution in [3.05, 3.63) is 131 Å². The van der Waals surface area contributed by atoms with Crippen LogP contribution in [0.3, 0.4) is 0 Å². The van der Waals surface area contributed by atoms with Gasteiger partial charge in [0.1, 0.15) is 23.0 Å². The lowest BCUT2D eigenvalue weighted by Crippen LogP contribution is -2.50. The van der Waals surface area contributed by atoms with Gasteiger partial charge in [0.2, 0.25) is 0 Å². The summed E-state index contributed by atoms with van der Waals surface area (Å²) in [6.07, 6.45) is -10.1. The van der Waals surface area contributed by atoms with Crippen molar-refractivity contribution in [2.45, 2.75) is 55.3 Å². The molecule has 2 aliphatic rings. The van der Waals surface area contributed by atoms with Crippen molar-refractivity contribution in [2.24, 2.45) is 0 Å². The summed E-state index contributed by atoms with van der Waals surface area (Å²) in [5, 5.41) is 0. The Bertz CT molecular complexity index is 2350. The fourth-order valence-electron chi connectivity index (χ4n) is 6.26. The second-order valence-electron chi connectivity index (χ2n) is 14.2. The van der Waals surface area contributed by atoms with Crippen LogP contribution in [0.1, 0.15) is 36.1 Å². The number of anilines is 2. The SMILES string of the molecule is CC(C)(c1ccc(Oc2ccc(N3C(=O)C=CC3=O)cc2)c(C(F)(F)C(F)(F)C(F)(F)F)c1)c1ccc(Oc2ccc(N3C(=O)C=CC3=O)cc2)c(C(F)(F)C(F)(F)C(F)(F)F)c1. The normalized spacial score (nSPS) is 15.6. The highest BCUT2D eigenvalue weighted by Crippen LogP contribution is 2.57. The molecule has 0 spiro atoms. The summed E-state index contributed by atoms with van der Waals surface area (Å²) in [6.45, 7) is 1.91. The van der Waals surface area contributed by atoms with E-state index in [1.165, 1.54) is 0 Å². The highest BCUT2D eigenvalue weighted by Gasteiger charge is 2.75. The second-order valence-corrected chi connectivity index (χ2v) is 14.2. The number of ether oxygens (including phenoxy) is 2. The highest BCUT2D eigenvalue weighted by atomic mass is 19.4. The van der Waals surface area contributed by atoms with Crippen LogP contribution in [0, 0.1) is 0 Å². The summed E-state index contributed by atoms with van der Waals surface area (Å²) in [4.78, 5) is 49.4. The molecule has 0 saturated carbocycles. The average molecular weight is 907 g/mol. The van der Waals surface area contributed by atoms with Crippen LogP contribution in [0.25, 0.3) is 0 Å². The molecule has 4 amide bonds. The van der Waals surface area contributed by atoms with Crippen LogP contribution in [-0.4, -0.2) is 47.8 Å². The van der Waals surface area contributed by atoms with E-state index in [1.54, 1.807) is 0 Å². The Morgan fingerprint density at radius 2 is 0.698 bits per heavy atom. The molecule has 2 heterocycles. The number of nitrogens with zero attached hydrogens (tertiary/aromatic N) is 2. The third-order valence-electron chi connectivity index (χ3n) is 9.84. The first-order valence-electron chi connectivity index (χ1n) is 17.6.